The molecule has 7 rings (SSSR count). The van der Waals surface area contributed by atoms with E-state index < -0.39 is 43.8 Å². The van der Waals surface area contributed by atoms with E-state index in [9.17, 15) is 26.4 Å². The van der Waals surface area contributed by atoms with Crippen molar-refractivity contribution in [3.8, 4) is 5.75 Å². The summed E-state index contributed by atoms with van der Waals surface area (Å²) in [5.74, 6) is -0.0528. The van der Waals surface area contributed by atoms with Gasteiger partial charge in [-0.3, -0.25) is 13.8 Å². The lowest BCUT2D eigenvalue weighted by atomic mass is 9.72. The monoisotopic (exact) mass is 715 g/mol. The molecule has 0 N–H and O–H groups in total. The summed E-state index contributed by atoms with van der Waals surface area (Å²) in [4.78, 5) is 30.9. The van der Waals surface area contributed by atoms with Gasteiger partial charge in [-0.2, -0.15) is 8.42 Å². The number of fused-ring (bicyclic) bond motifs is 5. The number of amides is 2. The van der Waals surface area contributed by atoms with Gasteiger partial charge in [0.25, 0.3) is 20.1 Å². The molecule has 50 heavy (non-hydrogen) atoms. The van der Waals surface area contributed by atoms with Crippen LogP contribution >= 0.6 is 0 Å². The van der Waals surface area contributed by atoms with Crippen LogP contribution in [0.4, 0.5) is 5.69 Å². The Morgan fingerprint density at radius 2 is 1.44 bits per heavy atom. The van der Waals surface area contributed by atoms with Crippen LogP contribution in [-0.4, -0.2) is 77.0 Å². The van der Waals surface area contributed by atoms with Crippen molar-refractivity contribution in [1.82, 2.24) is 9.80 Å². The molecule has 0 bridgehead atoms. The molecule has 0 unspecified atom stereocenters. The Labute approximate surface area is 292 Å². The maximum Gasteiger partial charge on any atom is 0.296 e. The Hall–Kier alpha value is -4.72. The predicted molar refractivity (Wildman–Crippen MR) is 185 cm³/mol. The number of hydrogen-bond donors (Lipinski definition) is 0. The fourth-order valence-electron chi connectivity index (χ4n) is 7.37. The summed E-state index contributed by atoms with van der Waals surface area (Å²) in [6.45, 7) is 3.65. The molecule has 260 valence electrons. The van der Waals surface area contributed by atoms with E-state index in [1.54, 1.807) is 68.6 Å². The van der Waals surface area contributed by atoms with Crippen molar-refractivity contribution >= 4 is 37.6 Å². The summed E-state index contributed by atoms with van der Waals surface area (Å²) in [5.41, 5.74) is 1.75. The number of benzene rings is 4. The highest BCUT2D eigenvalue weighted by atomic mass is 32.2. The number of carbonyl (C=O) groups is 2. The number of piperazine rings is 1. The van der Waals surface area contributed by atoms with Crippen LogP contribution in [0.5, 0.6) is 5.75 Å². The second-order valence-corrected chi connectivity index (χ2v) is 16.3. The Balaban J connectivity index is 1.19. The second-order valence-electron chi connectivity index (χ2n) is 12.9. The number of anilines is 1. The van der Waals surface area contributed by atoms with Gasteiger partial charge in [0.05, 0.1) is 34.1 Å². The van der Waals surface area contributed by atoms with Crippen molar-refractivity contribution < 1.29 is 35.3 Å². The fourth-order valence-corrected chi connectivity index (χ4v) is 10.0. The number of likely N-dealkylation sites (N-methyl/N-ethyl adjacent to an activating group) is 1. The molecule has 2 amide bonds. The lowest BCUT2D eigenvalue weighted by Gasteiger charge is -2.44. The molecule has 4 aromatic carbocycles. The van der Waals surface area contributed by atoms with E-state index in [0.717, 1.165) is 11.1 Å². The summed E-state index contributed by atoms with van der Waals surface area (Å²) >= 11 is 0. The van der Waals surface area contributed by atoms with Crippen LogP contribution < -0.4 is 9.04 Å². The van der Waals surface area contributed by atoms with Gasteiger partial charge in [0.15, 0.2) is 0 Å². The molecule has 13 heteroatoms. The van der Waals surface area contributed by atoms with Gasteiger partial charge in [-0.25, -0.2) is 12.7 Å². The summed E-state index contributed by atoms with van der Waals surface area (Å²) in [6, 6.07) is 27.3. The molecule has 0 saturated carbocycles. The van der Waals surface area contributed by atoms with Gasteiger partial charge in [-0.15, -0.1) is 0 Å². The largest absolute Gasteiger partial charge is 0.494 e. The van der Waals surface area contributed by atoms with E-state index in [-0.39, 0.29) is 41.2 Å². The standard InChI is InChI=1S/C37H37N3O8S2/c1-25-14-20-30(21-15-25)50(45,46)48-23-9-22-47-28-18-16-27(17-19-28)37-24-33-35(42)38(3)26(2)34(41)39(33)36(37)40(32-13-8-7-12-31(32)37)49(43,44)29-10-5-4-6-11-29/h4-8,10-21,26,33,36H,9,22-24H2,1-3H3/t26-,33-,36-,37-/m0/s1. The lowest BCUT2D eigenvalue weighted by molar-refractivity contribution is -0.158. The average molecular weight is 716 g/mol. The van der Waals surface area contributed by atoms with E-state index in [1.165, 1.54) is 38.4 Å². The number of ether oxygens (including phenoxy) is 1. The van der Waals surface area contributed by atoms with E-state index in [1.807, 2.05) is 31.2 Å². The zero-order valence-corrected chi connectivity index (χ0v) is 29.4. The summed E-state index contributed by atoms with van der Waals surface area (Å²) in [6.07, 6.45) is -0.544. The number of carbonyl (C=O) groups excluding carboxylic acids is 2. The molecule has 4 atom stereocenters. The third-order valence-electron chi connectivity index (χ3n) is 10.0. The van der Waals surface area contributed by atoms with Gasteiger partial charge >= 0.3 is 0 Å². The molecule has 3 aliphatic rings. The zero-order valence-electron chi connectivity index (χ0n) is 27.8. The van der Waals surface area contributed by atoms with Crippen molar-refractivity contribution in [3.05, 3.63) is 120 Å². The normalized spacial score (nSPS) is 23.1. The summed E-state index contributed by atoms with van der Waals surface area (Å²) in [5, 5.41) is 0. The molecule has 3 heterocycles. The van der Waals surface area contributed by atoms with Crippen LogP contribution in [0.3, 0.4) is 0 Å². The highest BCUT2D eigenvalue weighted by molar-refractivity contribution is 7.93. The van der Waals surface area contributed by atoms with Crippen LogP contribution in [0, 0.1) is 6.92 Å². The molecule has 0 aromatic heterocycles. The number of para-hydroxylation sites is 1. The second kappa shape index (κ2) is 12.6. The molecule has 0 radical (unpaired) electrons. The molecule has 0 aliphatic carbocycles. The van der Waals surface area contributed by atoms with Crippen LogP contribution in [-0.2, 0) is 39.3 Å². The van der Waals surface area contributed by atoms with Crippen LogP contribution in [0.2, 0.25) is 0 Å². The van der Waals surface area contributed by atoms with E-state index in [2.05, 4.69) is 0 Å². The molecule has 0 spiro atoms. The Bertz CT molecular complexity index is 2160. The minimum absolute atomic E-state index is 0.0618. The lowest BCUT2D eigenvalue weighted by Crippen LogP contribution is -2.65. The third-order valence-corrected chi connectivity index (χ3v) is 13.1. The number of aryl methyl sites for hydroxylation is 1. The van der Waals surface area contributed by atoms with Crippen LogP contribution in [0.15, 0.2) is 113 Å². The highest BCUT2D eigenvalue weighted by Gasteiger charge is 2.68. The Kier molecular flexibility index (Phi) is 8.48. The SMILES string of the molecule is Cc1ccc(S(=O)(=O)OCCCOc2ccc([C@]34C[C@H]5C(=O)N(C)[C@@H](C)C(=O)N5[C@H]3N(S(=O)(=O)c3ccccc3)c3ccccc34)cc2)cc1. The van der Waals surface area contributed by atoms with Crippen molar-refractivity contribution in [2.24, 2.45) is 0 Å². The quantitative estimate of drug-likeness (QED) is 0.174. The first-order valence-electron chi connectivity index (χ1n) is 16.4. The van der Waals surface area contributed by atoms with Crippen LogP contribution in [0.25, 0.3) is 0 Å². The highest BCUT2D eigenvalue weighted by Crippen LogP contribution is 2.59. The number of nitrogens with zero attached hydrogens (tertiary/aromatic N) is 3. The number of sulfonamides is 1. The Morgan fingerprint density at radius 1 is 0.780 bits per heavy atom. The summed E-state index contributed by atoms with van der Waals surface area (Å²) < 4.78 is 66.5. The first kappa shape index (κ1) is 33.8. The predicted octanol–water partition coefficient (Wildman–Crippen LogP) is 4.45. The molecule has 4 aromatic rings. The number of hydrogen-bond acceptors (Lipinski definition) is 8. The van der Waals surface area contributed by atoms with E-state index >= 15 is 0 Å². The van der Waals surface area contributed by atoms with E-state index in [4.69, 9.17) is 8.92 Å². The van der Waals surface area contributed by atoms with Crippen molar-refractivity contribution in [2.45, 2.75) is 60.1 Å². The minimum Gasteiger partial charge on any atom is -0.494 e. The molecule has 11 nitrogen and oxygen atoms in total. The smallest absolute Gasteiger partial charge is 0.296 e. The van der Waals surface area contributed by atoms with Gasteiger partial charge in [-0.1, -0.05) is 66.2 Å². The van der Waals surface area contributed by atoms with Gasteiger partial charge < -0.3 is 14.5 Å². The first-order chi connectivity index (χ1) is 23.9. The maximum absolute atomic E-state index is 14.5. The van der Waals surface area contributed by atoms with Crippen molar-refractivity contribution in [3.63, 3.8) is 0 Å². The topological polar surface area (TPSA) is 131 Å². The molecule has 2 saturated heterocycles. The average Bonchev–Trinajstić information content (AvgIpc) is 3.62. The number of rotatable bonds is 10. The van der Waals surface area contributed by atoms with Crippen molar-refractivity contribution in [1.29, 1.82) is 0 Å². The molecular weight excluding hydrogens is 679 g/mol. The maximum atomic E-state index is 14.5. The molecule has 2 fully saturated rings. The van der Waals surface area contributed by atoms with E-state index in [0.29, 0.717) is 23.4 Å². The molecular formula is C37H37N3O8S2. The van der Waals surface area contributed by atoms with Crippen molar-refractivity contribution in [2.75, 3.05) is 24.6 Å². The van der Waals surface area contributed by atoms with Gasteiger partial charge in [0.1, 0.15) is 24.0 Å². The third kappa shape index (κ3) is 5.35. The van der Waals surface area contributed by atoms with Gasteiger partial charge in [0, 0.05) is 13.5 Å². The van der Waals surface area contributed by atoms with Gasteiger partial charge in [0.2, 0.25) is 11.8 Å². The fraction of sp³-hybridized carbons (Fsp3) is 0.297. The minimum atomic E-state index is -4.20. The first-order valence-corrected chi connectivity index (χ1v) is 19.2. The summed E-state index contributed by atoms with van der Waals surface area (Å²) in [7, 11) is -6.48. The Morgan fingerprint density at radius 3 is 2.14 bits per heavy atom. The molecule has 3 aliphatic heterocycles. The van der Waals surface area contributed by atoms with Gasteiger partial charge in [-0.05, 0) is 73.9 Å². The zero-order chi connectivity index (χ0) is 35.4. The van der Waals surface area contributed by atoms with Crippen LogP contribution in [0.1, 0.15) is 36.5 Å².